The molecular formula is C13H11ClN2O3. The predicted octanol–water partition coefficient (Wildman–Crippen LogP) is 2.50. The van der Waals surface area contributed by atoms with Crippen molar-refractivity contribution < 1.29 is 14.3 Å². The van der Waals surface area contributed by atoms with Crippen LogP contribution < -0.4 is 4.74 Å². The molecule has 2 aromatic rings. The van der Waals surface area contributed by atoms with Crippen molar-refractivity contribution >= 4 is 17.6 Å². The lowest BCUT2D eigenvalue weighted by molar-refractivity contribution is 0.0472. The topological polar surface area (TPSA) is 61.3 Å². The molecule has 2 aromatic heterocycles. The lowest BCUT2D eigenvalue weighted by Gasteiger charge is -2.05. The van der Waals surface area contributed by atoms with Crippen LogP contribution in [0.2, 0.25) is 5.15 Å². The Labute approximate surface area is 115 Å². The highest BCUT2D eigenvalue weighted by Crippen LogP contribution is 2.10. The van der Waals surface area contributed by atoms with Crippen molar-refractivity contribution in [1.82, 2.24) is 9.97 Å². The molecule has 0 unspecified atom stereocenters. The van der Waals surface area contributed by atoms with Crippen molar-refractivity contribution in [1.29, 1.82) is 0 Å². The summed E-state index contributed by atoms with van der Waals surface area (Å²) in [6.45, 7) is 0.134. The molecule has 0 aliphatic carbocycles. The smallest absolute Gasteiger partial charge is 0.340 e. The highest BCUT2D eigenvalue weighted by Gasteiger charge is 2.08. The number of rotatable bonds is 4. The zero-order chi connectivity index (χ0) is 13.7. The van der Waals surface area contributed by atoms with Gasteiger partial charge in [0.1, 0.15) is 11.8 Å². The third-order valence-electron chi connectivity index (χ3n) is 2.34. The Morgan fingerprint density at radius 2 is 2.05 bits per heavy atom. The van der Waals surface area contributed by atoms with Crippen LogP contribution in [0.25, 0.3) is 0 Å². The van der Waals surface area contributed by atoms with Crippen molar-refractivity contribution in [3.8, 4) is 5.88 Å². The van der Waals surface area contributed by atoms with Gasteiger partial charge in [-0.25, -0.2) is 14.8 Å². The molecule has 0 aromatic carbocycles. The van der Waals surface area contributed by atoms with Gasteiger partial charge in [0.05, 0.1) is 12.7 Å². The molecule has 0 atom stereocenters. The second-order valence-corrected chi connectivity index (χ2v) is 4.04. The van der Waals surface area contributed by atoms with Crippen molar-refractivity contribution in [2.45, 2.75) is 6.61 Å². The molecule has 0 bridgehead atoms. The number of ether oxygens (including phenoxy) is 2. The quantitative estimate of drug-likeness (QED) is 0.635. The highest BCUT2D eigenvalue weighted by atomic mass is 35.5. The van der Waals surface area contributed by atoms with E-state index in [9.17, 15) is 4.79 Å². The average Bonchev–Trinajstić information content (AvgIpc) is 2.46. The number of methoxy groups -OCH3 is 1. The van der Waals surface area contributed by atoms with E-state index in [1.807, 2.05) is 0 Å². The van der Waals surface area contributed by atoms with Gasteiger partial charge in [0.2, 0.25) is 5.88 Å². The van der Waals surface area contributed by atoms with Gasteiger partial charge in [-0.3, -0.25) is 0 Å². The molecule has 0 amide bonds. The number of halogens is 1. The molecule has 0 N–H and O–H groups in total. The molecule has 2 rings (SSSR count). The number of pyridine rings is 2. The fourth-order valence-corrected chi connectivity index (χ4v) is 1.46. The van der Waals surface area contributed by atoms with Crippen molar-refractivity contribution in [3.63, 3.8) is 0 Å². The molecule has 19 heavy (non-hydrogen) atoms. The number of hydrogen-bond donors (Lipinski definition) is 0. The Balaban J connectivity index is 1.95. The summed E-state index contributed by atoms with van der Waals surface area (Å²) in [7, 11) is 1.51. The maximum atomic E-state index is 11.7. The third-order valence-corrected chi connectivity index (χ3v) is 2.56. The summed E-state index contributed by atoms with van der Waals surface area (Å²) in [6, 6.07) is 6.57. The average molecular weight is 279 g/mol. The number of esters is 1. The molecule has 98 valence electrons. The first-order valence-corrected chi connectivity index (χ1v) is 5.84. The second kappa shape index (κ2) is 6.15. The van der Waals surface area contributed by atoms with E-state index in [4.69, 9.17) is 21.1 Å². The molecule has 0 saturated heterocycles. The van der Waals surface area contributed by atoms with Crippen molar-refractivity contribution in [2.75, 3.05) is 7.11 Å². The largest absolute Gasteiger partial charge is 0.481 e. The van der Waals surface area contributed by atoms with E-state index in [1.165, 1.54) is 13.3 Å². The summed E-state index contributed by atoms with van der Waals surface area (Å²) in [5.41, 5.74) is 1.13. The molecule has 0 spiro atoms. The van der Waals surface area contributed by atoms with Crippen LogP contribution in [-0.2, 0) is 11.3 Å². The monoisotopic (exact) mass is 278 g/mol. The molecule has 0 radical (unpaired) electrons. The molecule has 2 heterocycles. The van der Waals surface area contributed by atoms with E-state index in [0.29, 0.717) is 16.6 Å². The van der Waals surface area contributed by atoms with Crippen molar-refractivity contribution in [3.05, 3.63) is 52.9 Å². The van der Waals surface area contributed by atoms with Crippen LogP contribution in [0.1, 0.15) is 15.9 Å². The van der Waals surface area contributed by atoms with Crippen LogP contribution in [0.3, 0.4) is 0 Å². The first-order chi connectivity index (χ1) is 9.19. The molecule has 0 aliphatic rings. The minimum Gasteiger partial charge on any atom is -0.481 e. The number of carbonyl (C=O) groups excluding carboxylic acids is 1. The lowest BCUT2D eigenvalue weighted by Crippen LogP contribution is -2.06. The van der Waals surface area contributed by atoms with Gasteiger partial charge >= 0.3 is 5.97 Å². The Hall–Kier alpha value is -2.14. The Morgan fingerprint density at radius 3 is 2.63 bits per heavy atom. The highest BCUT2D eigenvalue weighted by molar-refractivity contribution is 6.29. The van der Waals surface area contributed by atoms with Gasteiger partial charge in [-0.2, -0.15) is 0 Å². The zero-order valence-corrected chi connectivity index (χ0v) is 10.9. The number of carbonyl (C=O) groups is 1. The molecule has 0 aliphatic heterocycles. The van der Waals surface area contributed by atoms with E-state index >= 15 is 0 Å². The Kier molecular flexibility index (Phi) is 4.30. The van der Waals surface area contributed by atoms with E-state index < -0.39 is 5.97 Å². The second-order valence-electron chi connectivity index (χ2n) is 3.65. The summed E-state index contributed by atoms with van der Waals surface area (Å²) in [5.74, 6) is -0.0106. The summed E-state index contributed by atoms with van der Waals surface area (Å²) < 4.78 is 10.0. The van der Waals surface area contributed by atoms with Gasteiger partial charge in [0.15, 0.2) is 0 Å². The minimum absolute atomic E-state index is 0.134. The van der Waals surface area contributed by atoms with Gasteiger partial charge < -0.3 is 9.47 Å². The van der Waals surface area contributed by atoms with Crippen LogP contribution in [0, 0.1) is 0 Å². The lowest BCUT2D eigenvalue weighted by atomic mass is 10.3. The van der Waals surface area contributed by atoms with Gasteiger partial charge in [0, 0.05) is 24.0 Å². The van der Waals surface area contributed by atoms with Gasteiger partial charge in [0.25, 0.3) is 0 Å². The zero-order valence-electron chi connectivity index (χ0n) is 10.2. The fraction of sp³-hybridized carbons (Fsp3) is 0.154. The standard InChI is InChI=1S/C13H11ClN2O3/c1-18-12-5-3-10(7-16-12)13(17)19-8-9-2-4-11(14)15-6-9/h2-7H,8H2,1H3. The van der Waals surface area contributed by atoms with Gasteiger partial charge in [-0.1, -0.05) is 17.7 Å². The summed E-state index contributed by atoms with van der Waals surface area (Å²) in [6.07, 6.45) is 2.96. The molecular weight excluding hydrogens is 268 g/mol. The van der Waals surface area contributed by atoms with E-state index in [0.717, 1.165) is 5.56 Å². The number of nitrogens with zero attached hydrogens (tertiary/aromatic N) is 2. The van der Waals surface area contributed by atoms with Crippen LogP contribution in [0.15, 0.2) is 36.7 Å². The first-order valence-electron chi connectivity index (χ1n) is 5.46. The number of hydrogen-bond acceptors (Lipinski definition) is 5. The summed E-state index contributed by atoms with van der Waals surface area (Å²) in [5, 5.41) is 0.398. The maximum Gasteiger partial charge on any atom is 0.340 e. The number of aromatic nitrogens is 2. The van der Waals surface area contributed by atoms with Crippen molar-refractivity contribution in [2.24, 2.45) is 0 Å². The predicted molar refractivity (Wildman–Crippen MR) is 69.2 cm³/mol. The van der Waals surface area contributed by atoms with Crippen LogP contribution >= 0.6 is 11.6 Å². The van der Waals surface area contributed by atoms with Gasteiger partial charge in [-0.05, 0) is 12.1 Å². The Bertz CT molecular complexity index is 555. The Morgan fingerprint density at radius 1 is 1.21 bits per heavy atom. The normalized spacial score (nSPS) is 10.0. The minimum atomic E-state index is -0.454. The SMILES string of the molecule is COc1ccc(C(=O)OCc2ccc(Cl)nc2)cn1. The molecule has 5 nitrogen and oxygen atoms in total. The summed E-state index contributed by atoms with van der Waals surface area (Å²) >= 11 is 5.66. The summed E-state index contributed by atoms with van der Waals surface area (Å²) in [4.78, 5) is 19.6. The van der Waals surface area contributed by atoms with Gasteiger partial charge in [-0.15, -0.1) is 0 Å². The first kappa shape index (κ1) is 13.3. The van der Waals surface area contributed by atoms with Crippen LogP contribution in [0.5, 0.6) is 5.88 Å². The van der Waals surface area contributed by atoms with Crippen LogP contribution in [0.4, 0.5) is 0 Å². The van der Waals surface area contributed by atoms with E-state index in [-0.39, 0.29) is 6.61 Å². The molecule has 0 saturated carbocycles. The van der Waals surface area contributed by atoms with E-state index in [2.05, 4.69) is 9.97 Å². The molecule has 0 fully saturated rings. The van der Waals surface area contributed by atoms with Crippen LogP contribution in [-0.4, -0.2) is 23.0 Å². The molecule has 6 heteroatoms. The fourth-order valence-electron chi connectivity index (χ4n) is 1.35. The maximum absolute atomic E-state index is 11.7. The van der Waals surface area contributed by atoms with E-state index in [1.54, 1.807) is 30.5 Å². The third kappa shape index (κ3) is 3.66.